The van der Waals surface area contributed by atoms with E-state index in [1.54, 1.807) is 18.6 Å². The van der Waals surface area contributed by atoms with E-state index < -0.39 is 0 Å². The van der Waals surface area contributed by atoms with E-state index in [0.717, 1.165) is 27.1 Å². The van der Waals surface area contributed by atoms with Crippen molar-refractivity contribution in [1.82, 2.24) is 25.1 Å². The van der Waals surface area contributed by atoms with E-state index in [1.807, 2.05) is 30.3 Å². The number of rotatable bonds is 1. The highest BCUT2D eigenvalue weighted by Crippen LogP contribution is 2.31. The van der Waals surface area contributed by atoms with Crippen LogP contribution in [0.1, 0.15) is 11.3 Å². The van der Waals surface area contributed by atoms with Gasteiger partial charge in [-0.25, -0.2) is 15.0 Å². The molecular formula is C18H9N9. The maximum Gasteiger partial charge on any atom is 0.184 e. The molecule has 0 saturated heterocycles. The summed E-state index contributed by atoms with van der Waals surface area (Å²) in [6, 6.07) is 9.50. The van der Waals surface area contributed by atoms with Gasteiger partial charge in [-0.1, -0.05) is 0 Å². The Morgan fingerprint density at radius 1 is 0.704 bits per heavy atom. The molecule has 9 heteroatoms. The summed E-state index contributed by atoms with van der Waals surface area (Å²) in [6.07, 6.45) is 5.10. The fraction of sp³-hybridized carbons (Fsp3) is 0. The lowest BCUT2D eigenvalue weighted by atomic mass is 10.1. The lowest BCUT2D eigenvalue weighted by molar-refractivity contribution is 1.07. The average Bonchev–Trinajstić information content (AvgIpc) is 3.43. The Morgan fingerprint density at radius 3 is 2.52 bits per heavy atom. The Hall–Kier alpha value is -4.14. The summed E-state index contributed by atoms with van der Waals surface area (Å²) in [5.41, 5.74) is 3.59. The van der Waals surface area contributed by atoms with Crippen LogP contribution >= 0.6 is 0 Å². The maximum atomic E-state index is 4.41. The van der Waals surface area contributed by atoms with Crippen molar-refractivity contribution in [2.75, 3.05) is 0 Å². The molecule has 27 heavy (non-hydrogen) atoms. The van der Waals surface area contributed by atoms with E-state index in [1.165, 1.54) is 0 Å². The van der Waals surface area contributed by atoms with Crippen LogP contribution in [0.15, 0.2) is 69.4 Å². The Kier molecular flexibility index (Phi) is 2.70. The molecule has 0 saturated carbocycles. The van der Waals surface area contributed by atoms with E-state index in [0.29, 0.717) is 28.7 Å². The first-order chi connectivity index (χ1) is 13.4. The number of aromatic nitrogens is 5. The van der Waals surface area contributed by atoms with Gasteiger partial charge in [-0.15, -0.1) is 20.5 Å². The highest BCUT2D eigenvalue weighted by atomic mass is 15.2. The van der Waals surface area contributed by atoms with Crippen molar-refractivity contribution in [2.24, 2.45) is 20.5 Å². The van der Waals surface area contributed by atoms with Gasteiger partial charge < -0.3 is 0 Å². The van der Waals surface area contributed by atoms with Gasteiger partial charge >= 0.3 is 0 Å². The third kappa shape index (κ3) is 1.93. The quantitative estimate of drug-likeness (QED) is 0.566. The van der Waals surface area contributed by atoms with Gasteiger partial charge in [0, 0.05) is 34.8 Å². The van der Waals surface area contributed by atoms with Gasteiger partial charge in [0.15, 0.2) is 17.3 Å². The lowest BCUT2D eigenvalue weighted by Crippen LogP contribution is -2.28. The first-order valence-electron chi connectivity index (χ1n) is 8.22. The first kappa shape index (κ1) is 14.1. The van der Waals surface area contributed by atoms with Crippen molar-refractivity contribution < 1.29 is 0 Å². The predicted molar refractivity (Wildman–Crippen MR) is 95.7 cm³/mol. The molecule has 0 aromatic carbocycles. The zero-order valence-corrected chi connectivity index (χ0v) is 13.7. The Bertz CT molecular complexity index is 1430. The van der Waals surface area contributed by atoms with Crippen LogP contribution in [-0.4, -0.2) is 25.1 Å². The molecular weight excluding hydrogens is 342 g/mol. The van der Waals surface area contributed by atoms with Crippen molar-refractivity contribution in [1.29, 1.82) is 0 Å². The normalized spacial score (nSPS) is 16.2. The molecule has 6 rings (SSSR count). The molecule has 0 amide bonds. The van der Waals surface area contributed by atoms with Crippen LogP contribution in [0.4, 0.5) is 11.6 Å². The molecule has 6 heterocycles. The summed E-state index contributed by atoms with van der Waals surface area (Å²) >= 11 is 0. The number of pyridine rings is 3. The van der Waals surface area contributed by atoms with Crippen LogP contribution in [-0.2, 0) is 0 Å². The molecule has 0 bridgehead atoms. The van der Waals surface area contributed by atoms with E-state index in [4.69, 9.17) is 0 Å². The molecule has 4 aromatic rings. The molecule has 2 aliphatic rings. The van der Waals surface area contributed by atoms with Crippen molar-refractivity contribution in [3.05, 3.63) is 70.6 Å². The Morgan fingerprint density at radius 2 is 1.52 bits per heavy atom. The van der Waals surface area contributed by atoms with Gasteiger partial charge in [0.1, 0.15) is 17.1 Å². The highest BCUT2D eigenvalue weighted by Gasteiger charge is 2.22. The standard InChI is InChI=1S/C18H9N9/c1-3-10-13(22-25-16(10)19-6-1)9-5-8-21-18-12(9)15(24-27-18)14-11-4-2-7-20-17(11)26-23-14/h1-8H,(H,20,23,26). The molecule has 2 aliphatic heterocycles. The third-order valence-corrected chi connectivity index (χ3v) is 4.51. The second kappa shape index (κ2) is 5.18. The van der Waals surface area contributed by atoms with Gasteiger partial charge in [0.25, 0.3) is 0 Å². The molecule has 0 atom stereocenters. The van der Waals surface area contributed by atoms with Crippen LogP contribution in [0, 0.1) is 0 Å². The van der Waals surface area contributed by atoms with Crippen molar-refractivity contribution in [3.63, 3.8) is 0 Å². The smallest absolute Gasteiger partial charge is 0.184 e. The molecule has 0 spiro atoms. The minimum Gasteiger partial charge on any atom is -0.260 e. The molecule has 4 aromatic heterocycles. The highest BCUT2D eigenvalue weighted by molar-refractivity contribution is 5.89. The van der Waals surface area contributed by atoms with Gasteiger partial charge in [-0.05, 0) is 30.3 Å². The molecule has 0 aliphatic carbocycles. The fourth-order valence-corrected chi connectivity index (χ4v) is 3.32. The van der Waals surface area contributed by atoms with Crippen LogP contribution in [0.25, 0.3) is 22.4 Å². The summed E-state index contributed by atoms with van der Waals surface area (Å²) in [5.74, 6) is 1.13. The lowest BCUT2D eigenvalue weighted by Gasteiger charge is -1.99. The topological polar surface area (TPSA) is 117 Å². The fourth-order valence-electron chi connectivity index (χ4n) is 3.32. The second-order valence-corrected chi connectivity index (χ2v) is 6.00. The van der Waals surface area contributed by atoms with E-state index in [2.05, 4.69) is 45.6 Å². The Labute approximate surface area is 151 Å². The number of nitrogens with one attached hydrogen (secondary N) is 1. The SMILES string of the molecule is c1cnc2c(c1)C(=c1ccnc3c1=C(c1n[nH]c4ncccc14)N=N3)N=N2. The minimum atomic E-state index is 0.530. The summed E-state index contributed by atoms with van der Waals surface area (Å²) < 4.78 is 0. The molecule has 1 N–H and O–H groups in total. The van der Waals surface area contributed by atoms with Crippen molar-refractivity contribution >= 4 is 34.1 Å². The Balaban J connectivity index is 1.76. The zero-order valence-electron chi connectivity index (χ0n) is 13.7. The summed E-state index contributed by atoms with van der Waals surface area (Å²) in [6.45, 7) is 0. The largest absolute Gasteiger partial charge is 0.260 e. The molecule has 0 unspecified atom stereocenters. The number of nitrogens with zero attached hydrogens (tertiary/aromatic N) is 8. The third-order valence-electron chi connectivity index (χ3n) is 4.51. The second-order valence-electron chi connectivity index (χ2n) is 6.00. The number of fused-ring (bicyclic) bond motifs is 3. The summed E-state index contributed by atoms with van der Waals surface area (Å²) in [4.78, 5) is 12.9. The van der Waals surface area contributed by atoms with Crippen LogP contribution < -0.4 is 10.4 Å². The molecule has 0 fully saturated rings. The average molecular weight is 351 g/mol. The van der Waals surface area contributed by atoms with Crippen LogP contribution in [0.3, 0.4) is 0 Å². The minimum absolute atomic E-state index is 0.530. The maximum absolute atomic E-state index is 4.41. The van der Waals surface area contributed by atoms with E-state index in [-0.39, 0.29) is 0 Å². The van der Waals surface area contributed by atoms with E-state index in [9.17, 15) is 0 Å². The van der Waals surface area contributed by atoms with Gasteiger partial charge in [-0.3, -0.25) is 5.10 Å². The summed E-state index contributed by atoms with van der Waals surface area (Å²) in [7, 11) is 0. The number of azo groups is 2. The number of H-pyrrole nitrogens is 1. The van der Waals surface area contributed by atoms with Crippen molar-refractivity contribution in [3.8, 4) is 0 Å². The van der Waals surface area contributed by atoms with Gasteiger partial charge in [-0.2, -0.15) is 5.10 Å². The predicted octanol–water partition coefficient (Wildman–Crippen LogP) is 2.26. The number of aromatic amines is 1. The van der Waals surface area contributed by atoms with E-state index >= 15 is 0 Å². The molecule has 9 nitrogen and oxygen atoms in total. The van der Waals surface area contributed by atoms with Crippen LogP contribution in [0.2, 0.25) is 0 Å². The number of hydrogen-bond donors (Lipinski definition) is 1. The summed E-state index contributed by atoms with van der Waals surface area (Å²) in [5, 5.41) is 26.9. The zero-order chi connectivity index (χ0) is 17.8. The van der Waals surface area contributed by atoms with Crippen LogP contribution in [0.5, 0.6) is 0 Å². The monoisotopic (exact) mass is 351 g/mol. The van der Waals surface area contributed by atoms with Gasteiger partial charge in [0.05, 0.1) is 5.22 Å². The number of hydrogen-bond acceptors (Lipinski definition) is 8. The molecule has 0 radical (unpaired) electrons. The van der Waals surface area contributed by atoms with Crippen molar-refractivity contribution in [2.45, 2.75) is 0 Å². The van der Waals surface area contributed by atoms with Gasteiger partial charge in [0.2, 0.25) is 0 Å². The molecule has 126 valence electrons. The first-order valence-corrected chi connectivity index (χ1v) is 8.22.